The van der Waals surface area contributed by atoms with Gasteiger partial charge in [-0.15, -0.1) is 10.2 Å². The van der Waals surface area contributed by atoms with E-state index in [4.69, 9.17) is 14.9 Å². The largest absolute Gasteiger partial charge is 0.478 e. The van der Waals surface area contributed by atoms with Gasteiger partial charge in [0.1, 0.15) is 9.80 Å². The van der Waals surface area contributed by atoms with Crippen molar-refractivity contribution in [2.24, 2.45) is 5.92 Å². The first-order chi connectivity index (χ1) is 11.4. The molecule has 3 saturated heterocycles. The number of halogens is 1. The van der Waals surface area contributed by atoms with E-state index in [-0.39, 0.29) is 0 Å². The summed E-state index contributed by atoms with van der Waals surface area (Å²) in [4.78, 5) is 21.6. The molecular weight excluding hydrogens is 429 g/mol. The number of carboxylic acids is 2. The van der Waals surface area contributed by atoms with Crippen molar-refractivity contribution >= 4 is 34.5 Å². The predicted octanol–water partition coefficient (Wildman–Crippen LogP) is 1.27. The average Bonchev–Trinajstić information content (AvgIpc) is 2.57. The van der Waals surface area contributed by atoms with Crippen LogP contribution in [0.2, 0.25) is 0 Å². The zero-order chi connectivity index (χ0) is 17.5. The molecule has 2 bridgehead atoms. The van der Waals surface area contributed by atoms with Crippen LogP contribution in [0.1, 0.15) is 12.8 Å². The summed E-state index contributed by atoms with van der Waals surface area (Å²) in [6.07, 6.45) is 3.96. The van der Waals surface area contributed by atoms with Gasteiger partial charge in [0.25, 0.3) is 0 Å². The van der Waals surface area contributed by atoms with Crippen LogP contribution in [-0.2, 0) is 9.59 Å². The SMILES string of the molecule is Ic1ccc(O[C@H]2CN3CCC2CC3)nn1.O=C(O)/C=C/C(=O)O. The summed E-state index contributed by atoms with van der Waals surface area (Å²) in [5.41, 5.74) is 0. The summed E-state index contributed by atoms with van der Waals surface area (Å²) < 4.78 is 6.83. The van der Waals surface area contributed by atoms with Gasteiger partial charge in [0, 0.05) is 24.8 Å². The molecular formula is C15H18IN3O5. The first-order valence-electron chi connectivity index (χ1n) is 7.46. The Labute approximate surface area is 152 Å². The maximum Gasteiger partial charge on any atom is 0.328 e. The maximum absolute atomic E-state index is 9.55. The summed E-state index contributed by atoms with van der Waals surface area (Å²) in [7, 11) is 0. The highest BCUT2D eigenvalue weighted by molar-refractivity contribution is 14.1. The fourth-order valence-corrected chi connectivity index (χ4v) is 3.00. The Morgan fingerprint density at radius 1 is 1.17 bits per heavy atom. The normalized spacial score (nSPS) is 25.0. The number of carbonyl (C=O) groups is 2. The molecule has 2 N–H and O–H groups in total. The molecule has 130 valence electrons. The topological polar surface area (TPSA) is 113 Å². The zero-order valence-corrected chi connectivity index (χ0v) is 15.0. The molecule has 8 nitrogen and oxygen atoms in total. The lowest BCUT2D eigenvalue weighted by Gasteiger charge is -2.44. The minimum Gasteiger partial charge on any atom is -0.478 e. The molecule has 1 atom stereocenters. The molecule has 0 aliphatic carbocycles. The fourth-order valence-electron chi connectivity index (χ4n) is 2.71. The summed E-state index contributed by atoms with van der Waals surface area (Å²) in [5.74, 6) is -1.13. The summed E-state index contributed by atoms with van der Waals surface area (Å²) in [6.45, 7) is 3.53. The number of aromatic nitrogens is 2. The Bertz CT molecular complexity index is 584. The van der Waals surface area contributed by atoms with Crippen molar-refractivity contribution in [1.29, 1.82) is 0 Å². The monoisotopic (exact) mass is 447 g/mol. The van der Waals surface area contributed by atoms with Crippen molar-refractivity contribution in [3.63, 3.8) is 0 Å². The Hall–Kier alpha value is -1.75. The lowest BCUT2D eigenvalue weighted by atomic mass is 9.86. The third kappa shape index (κ3) is 6.04. The second kappa shape index (κ2) is 8.92. The van der Waals surface area contributed by atoms with Crippen LogP contribution >= 0.6 is 22.6 Å². The standard InChI is InChI=1S/C11H14IN3O.C4H4O4/c12-10-1-2-11(14-13-10)16-9-7-15-5-3-8(9)4-6-15;5-3(6)1-2-4(7)8/h1-2,8-9H,3-7H2;1-2H,(H,5,6)(H,7,8)/b;2-1+/t9-;/m0./s1. The molecule has 4 heterocycles. The molecule has 3 aliphatic rings. The third-order valence-corrected chi connectivity index (χ3v) is 4.42. The van der Waals surface area contributed by atoms with Crippen LogP contribution in [0, 0.1) is 9.62 Å². The number of carboxylic acid groups (broad SMARTS) is 2. The highest BCUT2D eigenvalue weighted by Crippen LogP contribution is 2.29. The molecule has 1 aromatic rings. The number of piperidine rings is 3. The quantitative estimate of drug-likeness (QED) is 0.524. The maximum atomic E-state index is 9.55. The van der Waals surface area contributed by atoms with E-state index in [0.717, 1.165) is 10.2 Å². The van der Waals surface area contributed by atoms with E-state index in [1.165, 1.54) is 25.9 Å². The van der Waals surface area contributed by atoms with Crippen LogP contribution in [0.4, 0.5) is 0 Å². The molecule has 24 heavy (non-hydrogen) atoms. The number of aliphatic carboxylic acids is 2. The lowest BCUT2D eigenvalue weighted by Crippen LogP contribution is -2.52. The lowest BCUT2D eigenvalue weighted by molar-refractivity contribution is -0.134. The molecule has 0 radical (unpaired) electrons. The average molecular weight is 447 g/mol. The Morgan fingerprint density at radius 3 is 2.21 bits per heavy atom. The van der Waals surface area contributed by atoms with Crippen LogP contribution in [0.5, 0.6) is 5.88 Å². The van der Waals surface area contributed by atoms with Gasteiger partial charge in [-0.25, -0.2) is 9.59 Å². The second-order valence-corrected chi connectivity index (χ2v) is 6.60. The first kappa shape index (κ1) is 18.6. The third-order valence-electron chi connectivity index (χ3n) is 3.84. The molecule has 0 spiro atoms. The fraction of sp³-hybridized carbons (Fsp3) is 0.467. The minimum absolute atomic E-state index is 0.317. The van der Waals surface area contributed by atoms with Crippen molar-refractivity contribution < 1.29 is 24.5 Å². The second-order valence-electron chi connectivity index (χ2n) is 5.50. The van der Waals surface area contributed by atoms with E-state index in [9.17, 15) is 9.59 Å². The molecule has 3 aliphatic heterocycles. The molecule has 0 saturated carbocycles. The van der Waals surface area contributed by atoms with Gasteiger partial charge < -0.3 is 14.9 Å². The van der Waals surface area contributed by atoms with Gasteiger partial charge in [0.15, 0.2) is 0 Å². The molecule has 4 rings (SSSR count). The van der Waals surface area contributed by atoms with Crippen LogP contribution in [-0.4, -0.2) is 63.0 Å². The van der Waals surface area contributed by atoms with E-state index >= 15 is 0 Å². The van der Waals surface area contributed by atoms with Gasteiger partial charge >= 0.3 is 11.9 Å². The number of hydrogen-bond donors (Lipinski definition) is 2. The number of nitrogens with zero attached hydrogens (tertiary/aromatic N) is 3. The van der Waals surface area contributed by atoms with Gasteiger partial charge in [-0.1, -0.05) is 0 Å². The molecule has 0 amide bonds. The van der Waals surface area contributed by atoms with E-state index in [2.05, 4.69) is 37.7 Å². The van der Waals surface area contributed by atoms with Gasteiger partial charge in [-0.2, -0.15) is 0 Å². The predicted molar refractivity (Wildman–Crippen MR) is 92.7 cm³/mol. The molecule has 0 aromatic carbocycles. The van der Waals surface area contributed by atoms with Gasteiger partial charge in [0.05, 0.1) is 0 Å². The van der Waals surface area contributed by atoms with Crippen LogP contribution in [0.3, 0.4) is 0 Å². The molecule has 3 fully saturated rings. The van der Waals surface area contributed by atoms with Crippen molar-refractivity contribution in [2.75, 3.05) is 19.6 Å². The van der Waals surface area contributed by atoms with Crippen LogP contribution in [0.25, 0.3) is 0 Å². The van der Waals surface area contributed by atoms with Crippen molar-refractivity contribution in [1.82, 2.24) is 15.1 Å². The number of rotatable bonds is 4. The first-order valence-corrected chi connectivity index (χ1v) is 8.54. The van der Waals surface area contributed by atoms with Crippen LogP contribution < -0.4 is 4.74 Å². The zero-order valence-electron chi connectivity index (χ0n) is 12.8. The van der Waals surface area contributed by atoms with Gasteiger partial charge in [-0.3, -0.25) is 4.90 Å². The van der Waals surface area contributed by atoms with E-state index in [1.54, 1.807) is 0 Å². The van der Waals surface area contributed by atoms with Gasteiger partial charge in [-0.05, 0) is 60.5 Å². The van der Waals surface area contributed by atoms with Gasteiger partial charge in [0.2, 0.25) is 5.88 Å². The van der Waals surface area contributed by atoms with Crippen LogP contribution in [0.15, 0.2) is 24.3 Å². The smallest absolute Gasteiger partial charge is 0.328 e. The Kier molecular flexibility index (Phi) is 6.91. The van der Waals surface area contributed by atoms with Crippen molar-refractivity contribution in [3.8, 4) is 5.88 Å². The summed E-state index contributed by atoms with van der Waals surface area (Å²) in [6, 6.07) is 3.84. The number of ether oxygens (including phenoxy) is 1. The molecule has 0 unspecified atom stereocenters. The Balaban J connectivity index is 0.000000224. The van der Waals surface area contributed by atoms with Crippen molar-refractivity contribution in [2.45, 2.75) is 18.9 Å². The van der Waals surface area contributed by atoms with E-state index < -0.39 is 11.9 Å². The highest BCUT2D eigenvalue weighted by atomic mass is 127. The Morgan fingerprint density at radius 2 is 1.79 bits per heavy atom. The van der Waals surface area contributed by atoms with E-state index in [1.807, 2.05) is 12.1 Å². The summed E-state index contributed by atoms with van der Waals surface area (Å²) in [5, 5.41) is 23.7. The molecule has 1 aromatic heterocycles. The van der Waals surface area contributed by atoms with E-state index in [0.29, 0.717) is 30.1 Å². The minimum atomic E-state index is -1.26. The highest BCUT2D eigenvalue weighted by Gasteiger charge is 2.35. The number of fused-ring (bicyclic) bond motifs is 3. The molecule has 9 heteroatoms. The summed E-state index contributed by atoms with van der Waals surface area (Å²) >= 11 is 2.15. The van der Waals surface area contributed by atoms with Crippen molar-refractivity contribution in [3.05, 3.63) is 28.0 Å². The number of hydrogen-bond acceptors (Lipinski definition) is 6.